The van der Waals surface area contributed by atoms with Gasteiger partial charge in [-0.3, -0.25) is 9.88 Å². The first-order chi connectivity index (χ1) is 15.0. The van der Waals surface area contributed by atoms with E-state index in [4.69, 9.17) is 19.7 Å². The Bertz CT molecular complexity index is 969. The van der Waals surface area contributed by atoms with Gasteiger partial charge in [0.15, 0.2) is 11.5 Å². The van der Waals surface area contributed by atoms with E-state index in [9.17, 15) is 4.79 Å². The monoisotopic (exact) mass is 446 g/mol. The smallest absolute Gasteiger partial charge is 0.320 e. The number of nitrogen functional groups attached to an aromatic ring is 1. The van der Waals surface area contributed by atoms with Crippen molar-refractivity contribution >= 4 is 31.3 Å². The largest absolute Gasteiger partial charge is 0.462 e. The third-order valence-corrected chi connectivity index (χ3v) is 5.48. The van der Waals surface area contributed by atoms with Crippen molar-refractivity contribution in [3.05, 3.63) is 48.5 Å². The second-order valence-corrected chi connectivity index (χ2v) is 8.51. The lowest BCUT2D eigenvalue weighted by Crippen LogP contribution is -2.25. The molecule has 3 aromatic rings. The summed E-state index contributed by atoms with van der Waals surface area (Å²) in [5, 5.41) is 3.11. The molecule has 3 N–H and O–H groups in total. The summed E-state index contributed by atoms with van der Waals surface area (Å²) in [6.45, 7) is 5.07. The van der Waals surface area contributed by atoms with E-state index in [0.717, 1.165) is 5.56 Å². The van der Waals surface area contributed by atoms with Gasteiger partial charge in [-0.25, -0.2) is 15.0 Å². The Morgan fingerprint density at radius 2 is 2.03 bits per heavy atom. The average Bonchev–Trinajstić information content (AvgIpc) is 3.17. The molecule has 0 aliphatic heterocycles. The molecule has 0 aliphatic rings. The molecule has 10 nitrogen and oxygen atoms in total. The zero-order chi connectivity index (χ0) is 22.1. The van der Waals surface area contributed by atoms with Gasteiger partial charge < -0.3 is 24.3 Å². The summed E-state index contributed by atoms with van der Waals surface area (Å²) >= 11 is 0. The minimum atomic E-state index is -1.19. The van der Waals surface area contributed by atoms with Gasteiger partial charge in [-0.15, -0.1) is 0 Å². The fraction of sp³-hybridized carbons (Fsp3) is 0.400. The van der Waals surface area contributed by atoms with Crippen LogP contribution in [0.1, 0.15) is 19.4 Å². The van der Waals surface area contributed by atoms with Gasteiger partial charge >= 0.3 is 5.97 Å². The molecule has 2 heterocycles. The lowest BCUT2D eigenvalue weighted by Gasteiger charge is -2.19. The van der Waals surface area contributed by atoms with Crippen LogP contribution in [0.5, 0.6) is 0 Å². The second-order valence-electron chi connectivity index (χ2n) is 6.92. The Hall–Kier alpha value is -2.65. The van der Waals surface area contributed by atoms with Crippen molar-refractivity contribution in [3.8, 4) is 0 Å². The van der Waals surface area contributed by atoms with Crippen LogP contribution in [0.3, 0.4) is 0 Å². The number of imidazole rings is 1. The standard InChI is InChI=1S/C20H27N6O4P/c1-15(2)30-17(27)10-25-31(29-11-16-6-4-3-5-7-16)14-28-9-8-26-13-24-18-19(21)22-12-23-20(18)26/h3-7,12-13,15,25H,8-11,14H2,1-2H3,(H2,21,22,23). The molecule has 0 saturated heterocycles. The summed E-state index contributed by atoms with van der Waals surface area (Å²) in [5.41, 5.74) is 8.09. The van der Waals surface area contributed by atoms with E-state index in [2.05, 4.69) is 20.0 Å². The van der Waals surface area contributed by atoms with E-state index in [0.29, 0.717) is 43.1 Å². The fourth-order valence-electron chi connectivity index (χ4n) is 2.69. The molecule has 0 aliphatic carbocycles. The van der Waals surface area contributed by atoms with Crippen molar-refractivity contribution < 1.29 is 18.8 Å². The van der Waals surface area contributed by atoms with Crippen LogP contribution in [-0.4, -0.2) is 51.1 Å². The topological polar surface area (TPSA) is 126 Å². The maximum Gasteiger partial charge on any atom is 0.320 e. The number of esters is 1. The van der Waals surface area contributed by atoms with Gasteiger partial charge in [0.1, 0.15) is 26.5 Å². The minimum absolute atomic E-state index is 0.0599. The van der Waals surface area contributed by atoms with Crippen molar-refractivity contribution in [1.82, 2.24) is 24.6 Å². The maximum atomic E-state index is 11.9. The normalized spacial score (nSPS) is 12.4. The summed E-state index contributed by atoms with van der Waals surface area (Å²) < 4.78 is 18.8. The molecule has 0 bridgehead atoms. The summed E-state index contributed by atoms with van der Waals surface area (Å²) in [7, 11) is -1.19. The van der Waals surface area contributed by atoms with Gasteiger partial charge in [-0.05, 0) is 19.4 Å². The molecular formula is C20H27N6O4P. The van der Waals surface area contributed by atoms with Crippen molar-refractivity contribution in [2.75, 3.05) is 25.2 Å². The van der Waals surface area contributed by atoms with Crippen molar-refractivity contribution in [3.63, 3.8) is 0 Å². The van der Waals surface area contributed by atoms with E-state index < -0.39 is 8.30 Å². The Labute approximate surface area is 182 Å². The first-order valence-electron chi connectivity index (χ1n) is 9.89. The number of benzene rings is 1. The Morgan fingerprint density at radius 3 is 2.81 bits per heavy atom. The van der Waals surface area contributed by atoms with Crippen LogP contribution in [0.25, 0.3) is 11.2 Å². The molecule has 31 heavy (non-hydrogen) atoms. The molecule has 11 heteroatoms. The summed E-state index contributed by atoms with van der Waals surface area (Å²) in [6, 6.07) is 9.83. The SMILES string of the molecule is CC(C)OC(=O)CNP(COCCn1cnc2c(N)ncnc21)OCc1ccccc1. The van der Waals surface area contributed by atoms with E-state index in [1.54, 1.807) is 6.33 Å². The molecular weight excluding hydrogens is 419 g/mol. The molecule has 1 aromatic carbocycles. The van der Waals surface area contributed by atoms with Crippen LogP contribution < -0.4 is 10.8 Å². The zero-order valence-corrected chi connectivity index (χ0v) is 18.5. The minimum Gasteiger partial charge on any atom is -0.462 e. The fourth-order valence-corrected chi connectivity index (χ4v) is 3.85. The van der Waals surface area contributed by atoms with E-state index >= 15 is 0 Å². The lowest BCUT2D eigenvalue weighted by molar-refractivity contribution is -0.145. The highest BCUT2D eigenvalue weighted by atomic mass is 31.2. The maximum absolute atomic E-state index is 11.9. The average molecular weight is 446 g/mol. The number of nitrogens with two attached hydrogens (primary N) is 1. The highest BCUT2D eigenvalue weighted by Gasteiger charge is 2.14. The Morgan fingerprint density at radius 1 is 1.23 bits per heavy atom. The number of ether oxygens (including phenoxy) is 2. The number of fused-ring (bicyclic) bond motifs is 1. The predicted octanol–water partition coefficient (Wildman–Crippen LogP) is 2.45. The van der Waals surface area contributed by atoms with Crippen LogP contribution in [0, 0.1) is 0 Å². The molecule has 3 rings (SSSR count). The van der Waals surface area contributed by atoms with Crippen molar-refractivity contribution in [2.45, 2.75) is 33.1 Å². The number of hydrogen-bond acceptors (Lipinski definition) is 9. The number of hydrogen-bond donors (Lipinski definition) is 2. The number of aromatic nitrogens is 4. The van der Waals surface area contributed by atoms with Gasteiger partial charge in [-0.2, -0.15) is 0 Å². The first kappa shape index (κ1) is 23.0. The number of carbonyl (C=O) groups is 1. The number of carbonyl (C=O) groups excluding carboxylic acids is 1. The van der Waals surface area contributed by atoms with Gasteiger partial charge in [-0.1, -0.05) is 30.3 Å². The highest BCUT2D eigenvalue weighted by molar-refractivity contribution is 7.50. The van der Waals surface area contributed by atoms with E-state index in [1.807, 2.05) is 48.7 Å². The molecule has 0 fully saturated rings. The molecule has 1 atom stereocenters. The van der Waals surface area contributed by atoms with Crippen LogP contribution >= 0.6 is 8.30 Å². The number of nitrogens with one attached hydrogen (secondary N) is 1. The van der Waals surface area contributed by atoms with Crippen LogP contribution in [0.4, 0.5) is 5.82 Å². The molecule has 1 unspecified atom stereocenters. The van der Waals surface area contributed by atoms with Gasteiger partial charge in [0.05, 0.1) is 32.2 Å². The van der Waals surface area contributed by atoms with Crippen LogP contribution in [0.2, 0.25) is 0 Å². The van der Waals surface area contributed by atoms with Crippen LogP contribution in [0.15, 0.2) is 43.0 Å². The molecule has 0 spiro atoms. The van der Waals surface area contributed by atoms with Crippen molar-refractivity contribution in [2.24, 2.45) is 0 Å². The zero-order valence-electron chi connectivity index (χ0n) is 17.6. The van der Waals surface area contributed by atoms with Gasteiger partial charge in [0.25, 0.3) is 0 Å². The van der Waals surface area contributed by atoms with E-state index in [-0.39, 0.29) is 18.6 Å². The Balaban J connectivity index is 1.50. The first-order valence-corrected chi connectivity index (χ1v) is 11.3. The molecule has 0 radical (unpaired) electrons. The second kappa shape index (κ2) is 11.7. The van der Waals surface area contributed by atoms with Crippen LogP contribution in [-0.2, 0) is 31.9 Å². The molecule has 166 valence electrons. The molecule has 0 saturated carbocycles. The number of rotatable bonds is 12. The highest BCUT2D eigenvalue weighted by Crippen LogP contribution is 2.33. The summed E-state index contributed by atoms with van der Waals surface area (Å²) in [5.74, 6) is 0.0213. The van der Waals surface area contributed by atoms with Crippen molar-refractivity contribution in [1.29, 1.82) is 0 Å². The van der Waals surface area contributed by atoms with Gasteiger partial charge in [0, 0.05) is 6.54 Å². The van der Waals surface area contributed by atoms with E-state index in [1.165, 1.54) is 6.33 Å². The van der Waals surface area contributed by atoms with Gasteiger partial charge in [0.2, 0.25) is 0 Å². The number of nitrogens with zero attached hydrogens (tertiary/aromatic N) is 4. The third-order valence-electron chi connectivity index (χ3n) is 4.11. The Kier molecular flexibility index (Phi) is 8.66. The lowest BCUT2D eigenvalue weighted by atomic mass is 10.2. The summed E-state index contributed by atoms with van der Waals surface area (Å²) in [6.07, 6.45) is 3.23. The number of anilines is 1. The quantitative estimate of drug-likeness (QED) is 0.245. The molecule has 0 amide bonds. The molecule has 2 aromatic heterocycles. The third kappa shape index (κ3) is 7.22. The summed E-state index contributed by atoms with van der Waals surface area (Å²) in [4.78, 5) is 24.3. The predicted molar refractivity (Wildman–Crippen MR) is 118 cm³/mol.